The van der Waals surface area contributed by atoms with Gasteiger partial charge in [-0.1, -0.05) is 41.2 Å². The van der Waals surface area contributed by atoms with Crippen molar-refractivity contribution in [1.29, 1.82) is 0 Å². The van der Waals surface area contributed by atoms with E-state index in [-0.39, 0.29) is 5.69 Å². The van der Waals surface area contributed by atoms with Crippen molar-refractivity contribution < 1.29 is 9.66 Å². The second kappa shape index (κ2) is 9.40. The molecule has 0 aliphatic carbocycles. The molecule has 0 amide bonds. The summed E-state index contributed by atoms with van der Waals surface area (Å²) in [5.74, 6) is 0.783. The predicted octanol–water partition coefficient (Wildman–Crippen LogP) is 6.15. The maximum absolute atomic E-state index is 11.0. The fourth-order valence-corrected chi connectivity index (χ4v) is 4.00. The number of benzene rings is 3. The third-order valence-electron chi connectivity index (χ3n) is 4.78. The summed E-state index contributed by atoms with van der Waals surface area (Å²) in [6, 6.07) is 22.1. The summed E-state index contributed by atoms with van der Waals surface area (Å²) in [6.07, 6.45) is 1.71. The first kappa shape index (κ1) is 21.2. The highest BCUT2D eigenvalue weighted by atomic mass is 32.1. The minimum absolute atomic E-state index is 0.0533. The number of hydrogen-bond donors (Lipinski definition) is 1. The molecule has 32 heavy (non-hydrogen) atoms. The third kappa shape index (κ3) is 4.81. The topological polar surface area (TPSA) is 89.7 Å². The van der Waals surface area contributed by atoms with Crippen LogP contribution in [-0.2, 0) is 0 Å². The van der Waals surface area contributed by atoms with Crippen LogP contribution in [0, 0.1) is 17.0 Å². The van der Waals surface area contributed by atoms with Crippen molar-refractivity contribution in [2.75, 3.05) is 12.5 Å². The fourth-order valence-electron chi connectivity index (χ4n) is 3.06. The third-order valence-corrected chi connectivity index (χ3v) is 5.79. The standard InChI is InChI=1S/C24H20N4O3S/c1-16-3-7-18(8-4-16)22-23(19-9-11-20(12-10-19)28(29)30)32-24(26-22)27-25-15-17-5-13-21(31-2)14-6-17/h3-15H,1-2H3,(H,26,27)/b25-15-. The molecular weight excluding hydrogens is 424 g/mol. The number of hydrazone groups is 1. The highest BCUT2D eigenvalue weighted by Gasteiger charge is 2.16. The maximum Gasteiger partial charge on any atom is 0.269 e. The molecule has 0 radical (unpaired) electrons. The number of hydrogen-bond acceptors (Lipinski definition) is 7. The average Bonchev–Trinajstić information content (AvgIpc) is 3.24. The molecule has 1 heterocycles. The Kier molecular flexibility index (Phi) is 6.23. The van der Waals surface area contributed by atoms with Crippen LogP contribution in [0.2, 0.25) is 0 Å². The Morgan fingerprint density at radius 2 is 1.66 bits per heavy atom. The van der Waals surface area contributed by atoms with Gasteiger partial charge in [-0.25, -0.2) is 4.98 Å². The number of aromatic nitrogens is 1. The lowest BCUT2D eigenvalue weighted by Gasteiger charge is -2.03. The molecule has 1 N–H and O–H groups in total. The van der Waals surface area contributed by atoms with Crippen molar-refractivity contribution in [3.63, 3.8) is 0 Å². The molecule has 0 fully saturated rings. The van der Waals surface area contributed by atoms with E-state index in [0.717, 1.165) is 38.6 Å². The largest absolute Gasteiger partial charge is 0.497 e. The molecule has 7 nitrogen and oxygen atoms in total. The van der Waals surface area contributed by atoms with Crippen LogP contribution in [0.15, 0.2) is 77.9 Å². The molecule has 4 aromatic rings. The Balaban J connectivity index is 1.64. The monoisotopic (exact) mass is 444 g/mol. The molecular formula is C24H20N4O3S. The number of nitrogens with zero attached hydrogens (tertiary/aromatic N) is 3. The predicted molar refractivity (Wildman–Crippen MR) is 129 cm³/mol. The van der Waals surface area contributed by atoms with E-state index in [1.807, 2.05) is 55.5 Å². The summed E-state index contributed by atoms with van der Waals surface area (Å²) in [7, 11) is 1.63. The Morgan fingerprint density at radius 3 is 2.28 bits per heavy atom. The highest BCUT2D eigenvalue weighted by molar-refractivity contribution is 7.19. The number of non-ortho nitro benzene ring substituents is 1. The van der Waals surface area contributed by atoms with Crippen molar-refractivity contribution in [1.82, 2.24) is 4.98 Å². The van der Waals surface area contributed by atoms with E-state index in [1.54, 1.807) is 25.5 Å². The molecule has 0 spiro atoms. The summed E-state index contributed by atoms with van der Waals surface area (Å²) in [5, 5.41) is 15.9. The van der Waals surface area contributed by atoms with Crippen LogP contribution in [0.3, 0.4) is 0 Å². The smallest absolute Gasteiger partial charge is 0.269 e. The molecule has 0 aliphatic rings. The molecule has 0 unspecified atom stereocenters. The summed E-state index contributed by atoms with van der Waals surface area (Å²) >= 11 is 1.44. The van der Waals surface area contributed by atoms with Gasteiger partial charge in [0.2, 0.25) is 5.13 Å². The number of ether oxygens (including phenoxy) is 1. The SMILES string of the molecule is COc1ccc(/C=N\Nc2nc(-c3ccc(C)cc3)c(-c3ccc([N+](=O)[O-])cc3)s2)cc1. The number of nitro benzene ring substituents is 1. The first-order chi connectivity index (χ1) is 15.5. The van der Waals surface area contributed by atoms with E-state index in [9.17, 15) is 10.1 Å². The van der Waals surface area contributed by atoms with Gasteiger partial charge in [-0.3, -0.25) is 15.5 Å². The Hall–Kier alpha value is -4.04. The number of nitrogens with one attached hydrogen (secondary N) is 1. The van der Waals surface area contributed by atoms with Crippen LogP contribution < -0.4 is 10.2 Å². The van der Waals surface area contributed by atoms with E-state index in [0.29, 0.717) is 5.13 Å². The van der Waals surface area contributed by atoms with Gasteiger partial charge in [-0.15, -0.1) is 0 Å². The number of methoxy groups -OCH3 is 1. The first-order valence-corrected chi connectivity index (χ1v) is 10.6. The van der Waals surface area contributed by atoms with Crippen molar-refractivity contribution in [2.24, 2.45) is 5.10 Å². The number of thiazole rings is 1. The molecule has 3 aromatic carbocycles. The van der Waals surface area contributed by atoms with Gasteiger partial charge in [0.15, 0.2) is 0 Å². The van der Waals surface area contributed by atoms with Gasteiger partial charge in [0.25, 0.3) is 5.69 Å². The van der Waals surface area contributed by atoms with E-state index in [2.05, 4.69) is 10.5 Å². The van der Waals surface area contributed by atoms with E-state index < -0.39 is 4.92 Å². The Morgan fingerprint density at radius 1 is 1.00 bits per heavy atom. The normalized spacial score (nSPS) is 10.9. The van der Waals surface area contributed by atoms with Gasteiger partial charge in [0.1, 0.15) is 5.75 Å². The molecule has 160 valence electrons. The van der Waals surface area contributed by atoms with Crippen molar-refractivity contribution in [2.45, 2.75) is 6.92 Å². The molecule has 0 saturated heterocycles. The maximum atomic E-state index is 11.0. The lowest BCUT2D eigenvalue weighted by Crippen LogP contribution is -1.90. The Labute approximate surface area is 189 Å². The molecule has 0 aliphatic heterocycles. The summed E-state index contributed by atoms with van der Waals surface area (Å²) in [5.41, 5.74) is 7.75. The number of rotatable bonds is 7. The molecule has 1 aromatic heterocycles. The van der Waals surface area contributed by atoms with Crippen molar-refractivity contribution in [3.8, 4) is 27.4 Å². The van der Waals surface area contributed by atoms with Gasteiger partial charge < -0.3 is 4.74 Å². The van der Waals surface area contributed by atoms with Crippen LogP contribution in [0.25, 0.3) is 21.7 Å². The molecule has 0 atom stereocenters. The van der Waals surface area contributed by atoms with Crippen LogP contribution in [-0.4, -0.2) is 23.2 Å². The lowest BCUT2D eigenvalue weighted by molar-refractivity contribution is -0.384. The van der Waals surface area contributed by atoms with E-state index >= 15 is 0 Å². The molecule has 0 bridgehead atoms. The van der Waals surface area contributed by atoms with Crippen LogP contribution in [0.1, 0.15) is 11.1 Å². The van der Waals surface area contributed by atoms with Gasteiger partial charge in [0, 0.05) is 17.7 Å². The lowest BCUT2D eigenvalue weighted by atomic mass is 10.1. The quantitative estimate of drug-likeness (QED) is 0.210. The molecule has 0 saturated carbocycles. The summed E-state index contributed by atoms with van der Waals surface area (Å²) in [6.45, 7) is 2.03. The van der Waals surface area contributed by atoms with Crippen LogP contribution in [0.4, 0.5) is 10.8 Å². The molecule has 8 heteroatoms. The summed E-state index contributed by atoms with van der Waals surface area (Å²) < 4.78 is 5.16. The first-order valence-electron chi connectivity index (χ1n) is 9.79. The van der Waals surface area contributed by atoms with Gasteiger partial charge >= 0.3 is 0 Å². The molecule has 4 rings (SSSR count). The average molecular weight is 445 g/mol. The van der Waals surface area contributed by atoms with Gasteiger partial charge in [-0.05, 0) is 54.4 Å². The Bertz CT molecular complexity index is 1250. The van der Waals surface area contributed by atoms with Gasteiger partial charge in [0.05, 0.1) is 28.8 Å². The minimum Gasteiger partial charge on any atom is -0.497 e. The van der Waals surface area contributed by atoms with Crippen molar-refractivity contribution >= 4 is 28.4 Å². The van der Waals surface area contributed by atoms with Gasteiger partial charge in [-0.2, -0.15) is 5.10 Å². The van der Waals surface area contributed by atoms with E-state index in [1.165, 1.54) is 23.5 Å². The zero-order valence-corrected chi connectivity index (χ0v) is 18.3. The van der Waals surface area contributed by atoms with E-state index in [4.69, 9.17) is 9.72 Å². The second-order valence-electron chi connectivity index (χ2n) is 7.01. The highest BCUT2D eigenvalue weighted by Crippen LogP contribution is 2.39. The number of aryl methyl sites for hydroxylation is 1. The zero-order chi connectivity index (χ0) is 22.5. The minimum atomic E-state index is -0.405. The number of nitro groups is 1. The summed E-state index contributed by atoms with van der Waals surface area (Å²) in [4.78, 5) is 16.3. The van der Waals surface area contributed by atoms with Crippen molar-refractivity contribution in [3.05, 3.63) is 94.0 Å². The van der Waals surface area contributed by atoms with Crippen LogP contribution in [0.5, 0.6) is 5.75 Å². The fraction of sp³-hybridized carbons (Fsp3) is 0.0833. The second-order valence-corrected chi connectivity index (χ2v) is 8.01. The number of anilines is 1. The van der Waals surface area contributed by atoms with Crippen LogP contribution >= 0.6 is 11.3 Å². The zero-order valence-electron chi connectivity index (χ0n) is 17.5.